The third-order valence-corrected chi connectivity index (χ3v) is 5.21. The molecule has 1 amide bonds. The lowest BCUT2D eigenvalue weighted by atomic mass is 10.1. The van der Waals surface area contributed by atoms with Crippen molar-refractivity contribution < 1.29 is 14.3 Å². The topological polar surface area (TPSA) is 62.8 Å². The molecule has 2 aromatic carbocycles. The summed E-state index contributed by atoms with van der Waals surface area (Å²) in [6.45, 7) is 3.35. The molecule has 0 spiro atoms. The SMILES string of the molecule is COc1ccc(CNC(=O)CCNc2ccc(N3CCCCC3)cc2)cc1OC. The molecule has 0 aliphatic carbocycles. The van der Waals surface area contributed by atoms with Crippen LogP contribution in [0.3, 0.4) is 0 Å². The van der Waals surface area contributed by atoms with Gasteiger partial charge in [-0.1, -0.05) is 6.07 Å². The predicted octanol–water partition coefficient (Wildman–Crippen LogP) is 3.81. The van der Waals surface area contributed by atoms with E-state index in [1.165, 1.54) is 24.9 Å². The lowest BCUT2D eigenvalue weighted by molar-refractivity contribution is -0.121. The Labute approximate surface area is 173 Å². The maximum atomic E-state index is 12.1. The van der Waals surface area contributed by atoms with Gasteiger partial charge in [0, 0.05) is 44.0 Å². The van der Waals surface area contributed by atoms with Gasteiger partial charge in [-0.2, -0.15) is 0 Å². The van der Waals surface area contributed by atoms with Gasteiger partial charge in [-0.05, 0) is 61.2 Å². The summed E-state index contributed by atoms with van der Waals surface area (Å²) in [4.78, 5) is 14.6. The number of hydrogen-bond acceptors (Lipinski definition) is 5. The minimum atomic E-state index is 0.0113. The highest BCUT2D eigenvalue weighted by molar-refractivity contribution is 5.76. The number of carbonyl (C=O) groups is 1. The van der Waals surface area contributed by atoms with Crippen molar-refractivity contribution in [3.63, 3.8) is 0 Å². The van der Waals surface area contributed by atoms with Crippen LogP contribution in [0.4, 0.5) is 11.4 Å². The van der Waals surface area contributed by atoms with Crippen molar-refractivity contribution in [1.29, 1.82) is 0 Å². The van der Waals surface area contributed by atoms with Crippen molar-refractivity contribution in [3.05, 3.63) is 48.0 Å². The lowest BCUT2D eigenvalue weighted by Crippen LogP contribution is -2.29. The van der Waals surface area contributed by atoms with Gasteiger partial charge in [0.2, 0.25) is 5.91 Å². The van der Waals surface area contributed by atoms with Crippen molar-refractivity contribution in [2.24, 2.45) is 0 Å². The van der Waals surface area contributed by atoms with Crippen molar-refractivity contribution in [1.82, 2.24) is 5.32 Å². The Kier molecular flexibility index (Phi) is 7.61. The number of nitrogens with zero attached hydrogens (tertiary/aromatic N) is 1. The van der Waals surface area contributed by atoms with Crippen molar-refractivity contribution >= 4 is 17.3 Å². The van der Waals surface area contributed by atoms with E-state index < -0.39 is 0 Å². The quantitative estimate of drug-likeness (QED) is 0.674. The Bertz CT molecular complexity index is 786. The van der Waals surface area contributed by atoms with E-state index in [0.717, 1.165) is 24.3 Å². The molecular formula is C23H31N3O3. The van der Waals surface area contributed by atoms with E-state index in [-0.39, 0.29) is 5.91 Å². The second kappa shape index (κ2) is 10.6. The average molecular weight is 398 g/mol. The van der Waals surface area contributed by atoms with Gasteiger partial charge in [-0.3, -0.25) is 4.79 Å². The molecule has 1 aliphatic rings. The number of anilines is 2. The molecule has 1 heterocycles. The summed E-state index contributed by atoms with van der Waals surface area (Å²) in [6.07, 6.45) is 4.31. The molecule has 0 radical (unpaired) electrons. The summed E-state index contributed by atoms with van der Waals surface area (Å²) in [5.74, 6) is 1.35. The number of carbonyl (C=O) groups excluding carboxylic acids is 1. The summed E-state index contributed by atoms with van der Waals surface area (Å²) in [5, 5.41) is 6.27. The van der Waals surface area contributed by atoms with Gasteiger partial charge in [0.15, 0.2) is 11.5 Å². The molecule has 0 bridgehead atoms. The average Bonchev–Trinajstić information content (AvgIpc) is 2.78. The van der Waals surface area contributed by atoms with E-state index in [0.29, 0.717) is 31.0 Å². The number of nitrogens with one attached hydrogen (secondary N) is 2. The smallest absolute Gasteiger partial charge is 0.222 e. The fourth-order valence-electron chi connectivity index (χ4n) is 3.54. The van der Waals surface area contributed by atoms with Gasteiger partial charge in [0.05, 0.1) is 14.2 Å². The molecule has 6 heteroatoms. The van der Waals surface area contributed by atoms with E-state index in [2.05, 4.69) is 39.8 Å². The summed E-state index contributed by atoms with van der Waals surface area (Å²) < 4.78 is 10.5. The molecule has 1 aliphatic heterocycles. The minimum Gasteiger partial charge on any atom is -0.493 e. The monoisotopic (exact) mass is 397 g/mol. The predicted molar refractivity (Wildman–Crippen MR) is 117 cm³/mol. The zero-order valence-corrected chi connectivity index (χ0v) is 17.4. The van der Waals surface area contributed by atoms with E-state index in [4.69, 9.17) is 9.47 Å². The first-order chi connectivity index (χ1) is 14.2. The molecule has 29 heavy (non-hydrogen) atoms. The van der Waals surface area contributed by atoms with Crippen LogP contribution in [0, 0.1) is 0 Å². The molecule has 0 unspecified atom stereocenters. The Morgan fingerprint density at radius 3 is 2.38 bits per heavy atom. The number of hydrogen-bond donors (Lipinski definition) is 2. The number of rotatable bonds is 9. The standard InChI is InChI=1S/C23H31N3O3/c1-28-21-11-6-18(16-22(21)29-2)17-25-23(27)12-13-24-19-7-9-20(10-8-19)26-14-4-3-5-15-26/h6-11,16,24H,3-5,12-15,17H2,1-2H3,(H,25,27). The second-order valence-electron chi connectivity index (χ2n) is 7.24. The van der Waals surface area contributed by atoms with Crippen molar-refractivity contribution in [2.45, 2.75) is 32.2 Å². The first-order valence-corrected chi connectivity index (χ1v) is 10.3. The largest absolute Gasteiger partial charge is 0.493 e. The third kappa shape index (κ3) is 6.04. The van der Waals surface area contributed by atoms with Crippen LogP contribution in [0.5, 0.6) is 11.5 Å². The molecule has 0 saturated carbocycles. The zero-order valence-electron chi connectivity index (χ0n) is 17.4. The van der Waals surface area contributed by atoms with Crippen LogP contribution >= 0.6 is 0 Å². The third-order valence-electron chi connectivity index (χ3n) is 5.21. The first-order valence-electron chi connectivity index (χ1n) is 10.3. The fraction of sp³-hybridized carbons (Fsp3) is 0.435. The van der Waals surface area contributed by atoms with Crippen molar-refractivity contribution in [2.75, 3.05) is 44.1 Å². The van der Waals surface area contributed by atoms with Crippen LogP contribution in [0.1, 0.15) is 31.2 Å². The van der Waals surface area contributed by atoms with Gasteiger partial charge >= 0.3 is 0 Å². The van der Waals surface area contributed by atoms with Gasteiger partial charge < -0.3 is 25.0 Å². The molecule has 156 valence electrons. The molecular weight excluding hydrogens is 366 g/mol. The number of benzene rings is 2. The minimum absolute atomic E-state index is 0.0113. The highest BCUT2D eigenvalue weighted by atomic mass is 16.5. The summed E-state index contributed by atoms with van der Waals surface area (Å²) in [7, 11) is 3.21. The highest BCUT2D eigenvalue weighted by Crippen LogP contribution is 2.27. The fourth-order valence-corrected chi connectivity index (χ4v) is 3.54. The Hall–Kier alpha value is -2.89. The molecule has 1 fully saturated rings. The van der Waals surface area contributed by atoms with Crippen LogP contribution in [0.2, 0.25) is 0 Å². The molecule has 2 aromatic rings. The summed E-state index contributed by atoms with van der Waals surface area (Å²) in [6, 6.07) is 14.1. The van der Waals surface area contributed by atoms with E-state index >= 15 is 0 Å². The zero-order chi connectivity index (χ0) is 20.5. The van der Waals surface area contributed by atoms with Crippen LogP contribution in [0.15, 0.2) is 42.5 Å². The Morgan fingerprint density at radius 1 is 0.966 bits per heavy atom. The van der Waals surface area contributed by atoms with Gasteiger partial charge in [-0.15, -0.1) is 0 Å². The van der Waals surface area contributed by atoms with Gasteiger partial charge in [0.1, 0.15) is 0 Å². The van der Waals surface area contributed by atoms with Crippen LogP contribution in [0.25, 0.3) is 0 Å². The van der Waals surface area contributed by atoms with Crippen molar-refractivity contribution in [3.8, 4) is 11.5 Å². The lowest BCUT2D eigenvalue weighted by Gasteiger charge is -2.28. The first kappa shape index (κ1) is 20.8. The van der Waals surface area contributed by atoms with Crippen LogP contribution < -0.4 is 25.0 Å². The van der Waals surface area contributed by atoms with E-state index in [9.17, 15) is 4.79 Å². The Balaban J connectivity index is 1.39. The van der Waals surface area contributed by atoms with Crippen LogP contribution in [-0.4, -0.2) is 39.8 Å². The molecule has 0 atom stereocenters. The van der Waals surface area contributed by atoms with E-state index in [1.807, 2.05) is 18.2 Å². The number of methoxy groups -OCH3 is 2. The maximum Gasteiger partial charge on any atom is 0.222 e. The molecule has 0 aromatic heterocycles. The summed E-state index contributed by atoms with van der Waals surface area (Å²) >= 11 is 0. The molecule has 2 N–H and O–H groups in total. The number of ether oxygens (including phenoxy) is 2. The molecule has 3 rings (SSSR count). The van der Waals surface area contributed by atoms with E-state index in [1.54, 1.807) is 14.2 Å². The second-order valence-corrected chi connectivity index (χ2v) is 7.24. The van der Waals surface area contributed by atoms with Gasteiger partial charge in [-0.25, -0.2) is 0 Å². The number of amides is 1. The Morgan fingerprint density at radius 2 is 1.69 bits per heavy atom. The van der Waals surface area contributed by atoms with Gasteiger partial charge in [0.25, 0.3) is 0 Å². The molecule has 6 nitrogen and oxygen atoms in total. The highest BCUT2D eigenvalue weighted by Gasteiger charge is 2.10. The normalized spacial score (nSPS) is 13.7. The molecule has 1 saturated heterocycles. The summed E-state index contributed by atoms with van der Waals surface area (Å²) in [5.41, 5.74) is 3.29. The number of piperidine rings is 1. The van der Waals surface area contributed by atoms with Crippen LogP contribution in [-0.2, 0) is 11.3 Å². The maximum absolute atomic E-state index is 12.1.